The lowest BCUT2D eigenvalue weighted by atomic mass is 9.96. The number of rotatable bonds is 4. The molecule has 0 aliphatic carbocycles. The molecule has 2 amide bonds. The number of nitrogens with two attached hydrogens (primary N) is 1. The highest BCUT2D eigenvalue weighted by Gasteiger charge is 2.25. The molecule has 0 atom stereocenters. The van der Waals surface area contributed by atoms with Crippen LogP contribution in [0.25, 0.3) is 0 Å². The Morgan fingerprint density at radius 1 is 1.19 bits per heavy atom. The Bertz CT molecular complexity index is 532. The first kappa shape index (κ1) is 15.5. The molecule has 1 aliphatic heterocycles. The second kappa shape index (κ2) is 6.74. The highest BCUT2D eigenvalue weighted by Crippen LogP contribution is 2.18. The fourth-order valence-electron chi connectivity index (χ4n) is 2.78. The Labute approximate surface area is 126 Å². The molecule has 1 aliphatic rings. The molecule has 0 saturated carbocycles. The molecule has 114 valence electrons. The molecular weight excluding hydrogens is 264 g/mol. The summed E-state index contributed by atoms with van der Waals surface area (Å²) in [5, 5.41) is 0. The third kappa shape index (κ3) is 4.06. The summed E-state index contributed by atoms with van der Waals surface area (Å²) < 4.78 is 0. The van der Waals surface area contributed by atoms with Gasteiger partial charge in [-0.05, 0) is 49.8 Å². The number of hydrogen-bond donors (Lipinski definition) is 1. The van der Waals surface area contributed by atoms with Gasteiger partial charge in [0.1, 0.15) is 0 Å². The van der Waals surface area contributed by atoms with Crippen molar-refractivity contribution >= 4 is 11.8 Å². The molecule has 1 heterocycles. The van der Waals surface area contributed by atoms with Crippen LogP contribution in [0, 0.1) is 19.8 Å². The van der Waals surface area contributed by atoms with E-state index in [1.54, 1.807) is 0 Å². The highest BCUT2D eigenvalue weighted by molar-refractivity contribution is 5.79. The zero-order chi connectivity index (χ0) is 15.4. The Hall–Kier alpha value is -1.84. The van der Waals surface area contributed by atoms with Crippen molar-refractivity contribution in [2.24, 2.45) is 11.7 Å². The van der Waals surface area contributed by atoms with Crippen molar-refractivity contribution in [1.29, 1.82) is 0 Å². The van der Waals surface area contributed by atoms with E-state index < -0.39 is 0 Å². The van der Waals surface area contributed by atoms with E-state index in [0.717, 1.165) is 6.42 Å². The molecule has 0 aromatic heterocycles. The van der Waals surface area contributed by atoms with Crippen LogP contribution in [0.5, 0.6) is 0 Å². The average Bonchev–Trinajstić information content (AvgIpc) is 2.48. The van der Waals surface area contributed by atoms with Crippen LogP contribution >= 0.6 is 0 Å². The van der Waals surface area contributed by atoms with E-state index in [-0.39, 0.29) is 17.7 Å². The number of piperidine rings is 1. The van der Waals surface area contributed by atoms with Crippen molar-refractivity contribution in [2.45, 2.75) is 39.5 Å². The lowest BCUT2D eigenvalue weighted by molar-refractivity contribution is -0.134. The SMILES string of the molecule is Cc1ccc(CCC(=O)N2CCC(C(N)=O)CC2)cc1C. The van der Waals surface area contributed by atoms with Crippen molar-refractivity contribution in [3.05, 3.63) is 34.9 Å². The van der Waals surface area contributed by atoms with Gasteiger partial charge in [-0.15, -0.1) is 0 Å². The van der Waals surface area contributed by atoms with Crippen LogP contribution in [0.3, 0.4) is 0 Å². The minimum atomic E-state index is -0.239. The van der Waals surface area contributed by atoms with Crippen LogP contribution in [0.4, 0.5) is 0 Å². The molecule has 1 fully saturated rings. The van der Waals surface area contributed by atoms with E-state index in [2.05, 4.69) is 32.0 Å². The van der Waals surface area contributed by atoms with Crippen molar-refractivity contribution in [2.75, 3.05) is 13.1 Å². The lowest BCUT2D eigenvalue weighted by Crippen LogP contribution is -2.41. The van der Waals surface area contributed by atoms with Crippen molar-refractivity contribution in [3.63, 3.8) is 0 Å². The maximum Gasteiger partial charge on any atom is 0.222 e. The number of primary amides is 1. The number of likely N-dealkylation sites (tertiary alicyclic amines) is 1. The summed E-state index contributed by atoms with van der Waals surface area (Å²) in [4.78, 5) is 25.2. The summed E-state index contributed by atoms with van der Waals surface area (Å²) in [6, 6.07) is 6.35. The predicted molar refractivity (Wildman–Crippen MR) is 82.7 cm³/mol. The molecular formula is C17H24N2O2. The van der Waals surface area contributed by atoms with Gasteiger partial charge >= 0.3 is 0 Å². The smallest absolute Gasteiger partial charge is 0.222 e. The van der Waals surface area contributed by atoms with E-state index in [9.17, 15) is 9.59 Å². The van der Waals surface area contributed by atoms with Gasteiger partial charge in [-0.1, -0.05) is 18.2 Å². The fourth-order valence-corrected chi connectivity index (χ4v) is 2.78. The Morgan fingerprint density at radius 3 is 2.43 bits per heavy atom. The molecule has 4 heteroatoms. The number of amides is 2. The number of nitrogens with zero attached hydrogens (tertiary/aromatic N) is 1. The molecule has 0 radical (unpaired) electrons. The maximum atomic E-state index is 12.2. The topological polar surface area (TPSA) is 63.4 Å². The number of carbonyl (C=O) groups excluding carboxylic acids is 2. The molecule has 4 nitrogen and oxygen atoms in total. The zero-order valence-corrected chi connectivity index (χ0v) is 12.9. The molecule has 2 N–H and O–H groups in total. The molecule has 1 saturated heterocycles. The molecule has 1 aromatic rings. The van der Waals surface area contributed by atoms with E-state index in [1.807, 2.05) is 4.90 Å². The number of hydrogen-bond acceptors (Lipinski definition) is 2. The van der Waals surface area contributed by atoms with E-state index in [0.29, 0.717) is 32.4 Å². The summed E-state index contributed by atoms with van der Waals surface area (Å²) in [7, 11) is 0. The van der Waals surface area contributed by atoms with Crippen LogP contribution in [-0.2, 0) is 16.0 Å². The van der Waals surface area contributed by atoms with Gasteiger partial charge in [0.15, 0.2) is 0 Å². The largest absolute Gasteiger partial charge is 0.369 e. The standard InChI is InChI=1S/C17H24N2O2/c1-12-3-4-14(11-13(12)2)5-6-16(20)19-9-7-15(8-10-19)17(18)21/h3-4,11,15H,5-10H2,1-2H3,(H2,18,21). The molecule has 21 heavy (non-hydrogen) atoms. The summed E-state index contributed by atoms with van der Waals surface area (Å²) in [6.45, 7) is 5.49. The summed E-state index contributed by atoms with van der Waals surface area (Å²) >= 11 is 0. The normalized spacial score (nSPS) is 16.0. The van der Waals surface area contributed by atoms with Gasteiger partial charge in [0.05, 0.1) is 0 Å². The maximum absolute atomic E-state index is 12.2. The van der Waals surface area contributed by atoms with Gasteiger partial charge < -0.3 is 10.6 Å². The number of carbonyl (C=O) groups is 2. The minimum absolute atomic E-state index is 0.0613. The van der Waals surface area contributed by atoms with Crippen molar-refractivity contribution < 1.29 is 9.59 Å². The van der Waals surface area contributed by atoms with Crippen molar-refractivity contribution in [3.8, 4) is 0 Å². The van der Waals surface area contributed by atoms with Gasteiger partial charge in [0, 0.05) is 25.4 Å². The van der Waals surface area contributed by atoms with Crippen LogP contribution in [0.2, 0.25) is 0 Å². The average molecular weight is 288 g/mol. The van der Waals surface area contributed by atoms with Gasteiger partial charge in [-0.3, -0.25) is 9.59 Å². The zero-order valence-electron chi connectivity index (χ0n) is 12.9. The monoisotopic (exact) mass is 288 g/mol. The first-order valence-corrected chi connectivity index (χ1v) is 7.60. The van der Waals surface area contributed by atoms with Gasteiger partial charge in [0.25, 0.3) is 0 Å². The predicted octanol–water partition coefficient (Wildman–Crippen LogP) is 1.96. The Kier molecular flexibility index (Phi) is 4.99. The van der Waals surface area contributed by atoms with Crippen LogP contribution < -0.4 is 5.73 Å². The number of benzene rings is 1. The molecule has 0 bridgehead atoms. The molecule has 1 aromatic carbocycles. The first-order valence-electron chi connectivity index (χ1n) is 7.60. The minimum Gasteiger partial charge on any atom is -0.369 e. The van der Waals surface area contributed by atoms with E-state index >= 15 is 0 Å². The summed E-state index contributed by atoms with van der Waals surface area (Å²) in [6.07, 6.45) is 2.70. The second-order valence-electron chi connectivity index (χ2n) is 5.98. The quantitative estimate of drug-likeness (QED) is 0.920. The Morgan fingerprint density at radius 2 is 1.86 bits per heavy atom. The summed E-state index contributed by atoms with van der Waals surface area (Å²) in [5.41, 5.74) is 9.06. The van der Waals surface area contributed by atoms with E-state index in [1.165, 1.54) is 16.7 Å². The highest BCUT2D eigenvalue weighted by atomic mass is 16.2. The summed E-state index contributed by atoms with van der Waals surface area (Å²) in [5.74, 6) is -0.123. The third-order valence-corrected chi connectivity index (χ3v) is 4.45. The Balaban J connectivity index is 1.82. The third-order valence-electron chi connectivity index (χ3n) is 4.45. The van der Waals surface area contributed by atoms with E-state index in [4.69, 9.17) is 5.73 Å². The molecule has 0 spiro atoms. The van der Waals surface area contributed by atoms with Gasteiger partial charge in [-0.2, -0.15) is 0 Å². The molecule has 2 rings (SSSR count). The number of aryl methyl sites for hydroxylation is 3. The van der Waals surface area contributed by atoms with Crippen LogP contribution in [0.1, 0.15) is 36.0 Å². The lowest BCUT2D eigenvalue weighted by Gasteiger charge is -2.30. The van der Waals surface area contributed by atoms with Crippen LogP contribution in [-0.4, -0.2) is 29.8 Å². The fraction of sp³-hybridized carbons (Fsp3) is 0.529. The van der Waals surface area contributed by atoms with Crippen LogP contribution in [0.15, 0.2) is 18.2 Å². The first-order chi connectivity index (χ1) is 9.97. The molecule has 0 unspecified atom stereocenters. The van der Waals surface area contributed by atoms with Gasteiger partial charge in [-0.25, -0.2) is 0 Å². The van der Waals surface area contributed by atoms with Crippen molar-refractivity contribution in [1.82, 2.24) is 4.90 Å². The second-order valence-corrected chi connectivity index (χ2v) is 5.98. The van der Waals surface area contributed by atoms with Gasteiger partial charge in [0.2, 0.25) is 11.8 Å².